The van der Waals surface area contributed by atoms with Gasteiger partial charge in [-0.3, -0.25) is 4.79 Å². The number of carbonyl (C=O) groups excluding carboxylic acids is 2. The molecule has 2 atom stereocenters. The molecular weight excluding hydrogens is 350 g/mol. The Hall–Kier alpha value is -2.62. The molecule has 0 fully saturated rings. The van der Waals surface area contributed by atoms with Gasteiger partial charge < -0.3 is 10.1 Å². The summed E-state index contributed by atoms with van der Waals surface area (Å²) < 4.78 is 5.40. The van der Waals surface area contributed by atoms with Gasteiger partial charge in [-0.05, 0) is 60.4 Å². The number of rotatable bonds is 4. The Labute approximate surface area is 167 Å². The normalized spacial score (nSPS) is 17.4. The highest BCUT2D eigenvalue weighted by molar-refractivity contribution is 5.92. The van der Waals surface area contributed by atoms with Gasteiger partial charge in [0.25, 0.3) is 5.91 Å². The van der Waals surface area contributed by atoms with Crippen LogP contribution < -0.4 is 5.32 Å². The summed E-state index contributed by atoms with van der Waals surface area (Å²) in [7, 11) is 0. The van der Waals surface area contributed by atoms with E-state index >= 15 is 0 Å². The largest absolute Gasteiger partial charge is 0.449 e. The zero-order valence-corrected chi connectivity index (χ0v) is 17.1. The van der Waals surface area contributed by atoms with Crippen LogP contribution in [0.1, 0.15) is 73.6 Å². The third-order valence-corrected chi connectivity index (χ3v) is 5.33. The maximum Gasteiger partial charge on any atom is 0.338 e. The van der Waals surface area contributed by atoms with Crippen molar-refractivity contribution in [3.05, 3.63) is 70.8 Å². The molecule has 0 bridgehead atoms. The van der Waals surface area contributed by atoms with Gasteiger partial charge >= 0.3 is 5.97 Å². The average molecular weight is 380 g/mol. The fourth-order valence-electron chi connectivity index (χ4n) is 3.58. The van der Waals surface area contributed by atoms with Gasteiger partial charge in [0.15, 0.2) is 6.10 Å². The molecule has 148 valence electrons. The van der Waals surface area contributed by atoms with E-state index in [1.807, 2.05) is 24.3 Å². The first-order chi connectivity index (χ1) is 13.3. The van der Waals surface area contributed by atoms with Crippen molar-refractivity contribution in [2.24, 2.45) is 0 Å². The van der Waals surface area contributed by atoms with E-state index in [0.717, 1.165) is 24.8 Å². The third kappa shape index (κ3) is 4.61. The molecule has 28 heavy (non-hydrogen) atoms. The predicted octanol–water partition coefficient (Wildman–Crippen LogP) is 4.72. The van der Waals surface area contributed by atoms with Gasteiger partial charge in [-0.1, -0.05) is 57.2 Å². The minimum Gasteiger partial charge on any atom is -0.449 e. The molecule has 0 heterocycles. The minimum atomic E-state index is -0.844. The molecule has 1 aliphatic carbocycles. The number of hydrogen-bond donors (Lipinski definition) is 1. The van der Waals surface area contributed by atoms with E-state index in [0.29, 0.717) is 5.56 Å². The topological polar surface area (TPSA) is 55.4 Å². The highest BCUT2D eigenvalue weighted by atomic mass is 16.5. The van der Waals surface area contributed by atoms with Crippen molar-refractivity contribution >= 4 is 11.9 Å². The van der Waals surface area contributed by atoms with Crippen LogP contribution in [0.3, 0.4) is 0 Å². The molecule has 2 aromatic rings. The van der Waals surface area contributed by atoms with Gasteiger partial charge in [0.1, 0.15) is 0 Å². The van der Waals surface area contributed by atoms with Crippen LogP contribution in [0.4, 0.5) is 0 Å². The fraction of sp³-hybridized carbons (Fsp3) is 0.417. The van der Waals surface area contributed by atoms with E-state index in [1.165, 1.54) is 11.1 Å². The number of ether oxygens (including phenoxy) is 1. The third-order valence-electron chi connectivity index (χ3n) is 5.33. The number of benzene rings is 2. The number of aryl methyl sites for hydroxylation is 1. The molecule has 1 amide bonds. The van der Waals surface area contributed by atoms with Crippen LogP contribution in [0.2, 0.25) is 0 Å². The maximum absolute atomic E-state index is 12.6. The summed E-state index contributed by atoms with van der Waals surface area (Å²) in [6.45, 7) is 7.98. The second-order valence-electron chi connectivity index (χ2n) is 8.53. The zero-order valence-electron chi connectivity index (χ0n) is 17.1. The lowest BCUT2D eigenvalue weighted by Crippen LogP contribution is -2.39. The van der Waals surface area contributed by atoms with E-state index in [1.54, 1.807) is 19.1 Å². The van der Waals surface area contributed by atoms with Crippen LogP contribution in [0.5, 0.6) is 0 Å². The number of fused-ring (bicyclic) bond motifs is 1. The SMILES string of the molecule is C[C@@H](OC(=O)c1ccc(C(C)(C)C)cc1)C(=O)N[C@@H]1CCCc2ccccc21. The zero-order chi connectivity index (χ0) is 20.3. The molecule has 0 saturated heterocycles. The monoisotopic (exact) mass is 379 g/mol. The van der Waals surface area contributed by atoms with E-state index in [4.69, 9.17) is 4.74 Å². The van der Waals surface area contributed by atoms with Gasteiger partial charge in [-0.25, -0.2) is 4.79 Å². The van der Waals surface area contributed by atoms with Crippen molar-refractivity contribution in [2.75, 3.05) is 0 Å². The Morgan fingerprint density at radius 3 is 2.43 bits per heavy atom. The summed E-state index contributed by atoms with van der Waals surface area (Å²) in [5.41, 5.74) is 4.06. The number of amides is 1. The lowest BCUT2D eigenvalue weighted by Gasteiger charge is -2.27. The van der Waals surface area contributed by atoms with E-state index in [-0.39, 0.29) is 17.4 Å². The highest BCUT2D eigenvalue weighted by Gasteiger charge is 2.25. The number of nitrogens with one attached hydrogen (secondary N) is 1. The van der Waals surface area contributed by atoms with Gasteiger partial charge in [0, 0.05) is 0 Å². The van der Waals surface area contributed by atoms with Gasteiger partial charge in [-0.2, -0.15) is 0 Å². The van der Waals surface area contributed by atoms with Crippen molar-refractivity contribution in [3.8, 4) is 0 Å². The molecule has 4 heteroatoms. The van der Waals surface area contributed by atoms with Crippen LogP contribution in [0.25, 0.3) is 0 Å². The molecule has 0 saturated carbocycles. The Morgan fingerprint density at radius 2 is 1.75 bits per heavy atom. The minimum absolute atomic E-state index is 0.0197. The number of esters is 1. The lowest BCUT2D eigenvalue weighted by molar-refractivity contribution is -0.130. The average Bonchev–Trinajstić information content (AvgIpc) is 2.67. The summed E-state index contributed by atoms with van der Waals surface area (Å²) in [6.07, 6.45) is 2.13. The summed E-state index contributed by atoms with van der Waals surface area (Å²) in [5, 5.41) is 3.04. The van der Waals surface area contributed by atoms with Crippen molar-refractivity contribution in [1.82, 2.24) is 5.32 Å². The van der Waals surface area contributed by atoms with E-state index in [2.05, 4.69) is 38.2 Å². The lowest BCUT2D eigenvalue weighted by atomic mass is 9.87. The second kappa shape index (κ2) is 8.17. The van der Waals surface area contributed by atoms with Crippen LogP contribution in [0, 0.1) is 0 Å². The number of carbonyl (C=O) groups is 2. The molecule has 1 N–H and O–H groups in total. The summed E-state index contributed by atoms with van der Waals surface area (Å²) >= 11 is 0. The molecule has 0 spiro atoms. The van der Waals surface area contributed by atoms with Crippen LogP contribution >= 0.6 is 0 Å². The standard InChI is InChI=1S/C24H29NO3/c1-16(28-23(27)18-12-14-19(15-13-18)24(2,3)4)22(26)25-21-11-7-9-17-8-5-6-10-20(17)21/h5-6,8,10,12-16,21H,7,9,11H2,1-4H3,(H,25,26)/t16-,21-/m1/s1. The van der Waals surface area contributed by atoms with Crippen molar-refractivity contribution in [1.29, 1.82) is 0 Å². The molecule has 0 radical (unpaired) electrons. The summed E-state index contributed by atoms with van der Waals surface area (Å²) in [6, 6.07) is 15.5. The molecular formula is C24H29NO3. The van der Waals surface area contributed by atoms with Crippen molar-refractivity contribution < 1.29 is 14.3 Å². The quantitative estimate of drug-likeness (QED) is 0.782. The van der Waals surface area contributed by atoms with Gasteiger partial charge in [-0.15, -0.1) is 0 Å². The van der Waals surface area contributed by atoms with E-state index in [9.17, 15) is 9.59 Å². The van der Waals surface area contributed by atoms with Crippen LogP contribution in [0.15, 0.2) is 48.5 Å². The smallest absolute Gasteiger partial charge is 0.338 e. The number of hydrogen-bond acceptors (Lipinski definition) is 3. The Balaban J connectivity index is 1.61. The van der Waals surface area contributed by atoms with E-state index < -0.39 is 12.1 Å². The second-order valence-corrected chi connectivity index (χ2v) is 8.53. The molecule has 0 aliphatic heterocycles. The van der Waals surface area contributed by atoms with Crippen LogP contribution in [-0.2, 0) is 21.4 Å². The molecule has 2 aromatic carbocycles. The highest BCUT2D eigenvalue weighted by Crippen LogP contribution is 2.29. The maximum atomic E-state index is 12.6. The first-order valence-corrected chi connectivity index (χ1v) is 9.95. The fourth-order valence-corrected chi connectivity index (χ4v) is 3.58. The predicted molar refractivity (Wildman–Crippen MR) is 110 cm³/mol. The van der Waals surface area contributed by atoms with Gasteiger partial charge in [0.05, 0.1) is 11.6 Å². The molecule has 0 aromatic heterocycles. The van der Waals surface area contributed by atoms with Crippen LogP contribution in [-0.4, -0.2) is 18.0 Å². The van der Waals surface area contributed by atoms with Gasteiger partial charge in [0.2, 0.25) is 0 Å². The Kier molecular flexibility index (Phi) is 5.87. The van der Waals surface area contributed by atoms with Crippen molar-refractivity contribution in [2.45, 2.75) is 64.5 Å². The Morgan fingerprint density at radius 1 is 1.07 bits per heavy atom. The first kappa shape index (κ1) is 20.1. The van der Waals surface area contributed by atoms with Crippen molar-refractivity contribution in [3.63, 3.8) is 0 Å². The molecule has 1 aliphatic rings. The summed E-state index contributed by atoms with van der Waals surface area (Å²) in [4.78, 5) is 25.0. The first-order valence-electron chi connectivity index (χ1n) is 9.95. The molecule has 4 nitrogen and oxygen atoms in total. The molecule has 3 rings (SSSR count). The molecule has 0 unspecified atom stereocenters. The summed E-state index contributed by atoms with van der Waals surface area (Å²) in [5.74, 6) is -0.742. The Bertz CT molecular complexity index is 849.